The lowest BCUT2D eigenvalue weighted by Crippen LogP contribution is -2.08. The molecule has 0 saturated heterocycles. The molecular formula is C10H5ClFN3OS. The molecule has 2 heterocycles. The van der Waals surface area contributed by atoms with Crippen molar-refractivity contribution >= 4 is 29.3 Å². The summed E-state index contributed by atoms with van der Waals surface area (Å²) in [4.78, 5) is 15.5. The van der Waals surface area contributed by atoms with Gasteiger partial charge in [-0.3, -0.25) is 4.79 Å². The van der Waals surface area contributed by atoms with Crippen LogP contribution in [0.5, 0.6) is 0 Å². The van der Waals surface area contributed by atoms with Gasteiger partial charge in [0.05, 0.1) is 16.3 Å². The van der Waals surface area contributed by atoms with E-state index in [1.165, 1.54) is 28.6 Å². The van der Waals surface area contributed by atoms with Crippen LogP contribution in [0.3, 0.4) is 0 Å². The van der Waals surface area contributed by atoms with Crippen LogP contribution in [0.2, 0.25) is 5.02 Å². The van der Waals surface area contributed by atoms with Crippen molar-refractivity contribution in [2.24, 2.45) is 0 Å². The van der Waals surface area contributed by atoms with E-state index in [-0.39, 0.29) is 22.3 Å². The highest BCUT2D eigenvalue weighted by molar-refractivity contribution is 8.00. The van der Waals surface area contributed by atoms with Crippen LogP contribution in [0.4, 0.5) is 4.39 Å². The van der Waals surface area contributed by atoms with Gasteiger partial charge < -0.3 is 0 Å². The first-order valence-electron chi connectivity index (χ1n) is 4.74. The molecule has 0 aliphatic carbocycles. The Morgan fingerprint density at radius 2 is 2.29 bits per heavy atom. The number of thioether (sulfide) groups is 1. The summed E-state index contributed by atoms with van der Waals surface area (Å²) in [5.41, 5.74) is 0.129. The van der Waals surface area contributed by atoms with Crippen LogP contribution in [-0.4, -0.2) is 26.4 Å². The largest absolute Gasteiger partial charge is 0.271 e. The minimum absolute atomic E-state index is 0.129. The highest BCUT2D eigenvalue weighted by Gasteiger charge is 2.26. The van der Waals surface area contributed by atoms with Gasteiger partial charge in [-0.05, 0) is 12.1 Å². The van der Waals surface area contributed by atoms with Crippen molar-refractivity contribution in [3.05, 3.63) is 29.0 Å². The third-order valence-electron chi connectivity index (χ3n) is 2.32. The lowest BCUT2D eigenvalue weighted by molar-refractivity contribution is 0.0923. The number of carbonyl (C=O) groups excluding carboxylic acids is 1. The summed E-state index contributed by atoms with van der Waals surface area (Å²) in [6.07, 6.45) is 0. The Kier molecular flexibility index (Phi) is 2.41. The number of hydrogen-bond acceptors (Lipinski definition) is 4. The van der Waals surface area contributed by atoms with E-state index in [9.17, 15) is 9.18 Å². The van der Waals surface area contributed by atoms with Crippen molar-refractivity contribution in [1.29, 1.82) is 0 Å². The molecule has 0 amide bonds. The Labute approximate surface area is 105 Å². The third-order valence-corrected chi connectivity index (χ3v) is 3.55. The topological polar surface area (TPSA) is 47.8 Å². The summed E-state index contributed by atoms with van der Waals surface area (Å²) in [5, 5.41) is 4.68. The van der Waals surface area contributed by atoms with Crippen LogP contribution in [0, 0.1) is 5.82 Å². The minimum atomic E-state index is -0.501. The molecule has 0 radical (unpaired) electrons. The lowest BCUT2D eigenvalue weighted by atomic mass is 10.2. The van der Waals surface area contributed by atoms with Crippen molar-refractivity contribution in [3.63, 3.8) is 0 Å². The van der Waals surface area contributed by atoms with Crippen molar-refractivity contribution in [2.45, 2.75) is 5.16 Å². The van der Waals surface area contributed by atoms with E-state index in [1.807, 2.05) is 0 Å². The van der Waals surface area contributed by atoms with Gasteiger partial charge in [0, 0.05) is 0 Å². The Morgan fingerprint density at radius 3 is 3.00 bits per heavy atom. The summed E-state index contributed by atoms with van der Waals surface area (Å²) in [6, 6.07) is 4.34. The third kappa shape index (κ3) is 1.64. The zero-order valence-corrected chi connectivity index (χ0v) is 9.93. The second-order valence-electron chi connectivity index (χ2n) is 3.41. The standard InChI is InChI=1S/C10H5ClFN3OS/c11-5-2-1-3-6(12)8(5)9-13-10-15(14-9)7(16)4-17-10/h1-3H,4H2. The zero-order valence-electron chi connectivity index (χ0n) is 8.35. The Bertz CT molecular complexity index is 608. The van der Waals surface area contributed by atoms with E-state index >= 15 is 0 Å². The van der Waals surface area contributed by atoms with Gasteiger partial charge in [-0.1, -0.05) is 29.4 Å². The summed E-state index contributed by atoms with van der Waals surface area (Å²) in [6.45, 7) is 0. The maximum Gasteiger partial charge on any atom is 0.259 e. The molecule has 86 valence electrons. The first kappa shape index (κ1) is 10.7. The lowest BCUT2D eigenvalue weighted by Gasteiger charge is -2.00. The number of halogens is 2. The second kappa shape index (κ2) is 3.82. The molecule has 0 unspecified atom stereocenters. The van der Waals surface area contributed by atoms with E-state index < -0.39 is 5.82 Å². The van der Waals surface area contributed by atoms with Gasteiger partial charge >= 0.3 is 0 Å². The number of rotatable bonds is 1. The van der Waals surface area contributed by atoms with E-state index in [0.29, 0.717) is 10.9 Å². The maximum atomic E-state index is 13.6. The quantitative estimate of drug-likeness (QED) is 0.798. The van der Waals surface area contributed by atoms with Crippen LogP contribution in [-0.2, 0) is 0 Å². The summed E-state index contributed by atoms with van der Waals surface area (Å²) < 4.78 is 14.8. The average Bonchev–Trinajstić information content (AvgIpc) is 2.82. The minimum Gasteiger partial charge on any atom is -0.271 e. The van der Waals surface area contributed by atoms with Crippen LogP contribution in [0.1, 0.15) is 4.79 Å². The molecule has 0 saturated carbocycles. The molecule has 1 aliphatic rings. The van der Waals surface area contributed by atoms with Gasteiger partial charge in [0.2, 0.25) is 0 Å². The smallest absolute Gasteiger partial charge is 0.259 e. The molecule has 17 heavy (non-hydrogen) atoms. The normalized spacial score (nSPS) is 14.1. The van der Waals surface area contributed by atoms with Gasteiger partial charge in [0.15, 0.2) is 11.0 Å². The second-order valence-corrected chi connectivity index (χ2v) is 4.76. The average molecular weight is 270 g/mol. The van der Waals surface area contributed by atoms with Crippen LogP contribution < -0.4 is 0 Å². The fourth-order valence-corrected chi connectivity index (χ4v) is 2.60. The van der Waals surface area contributed by atoms with Crippen molar-refractivity contribution < 1.29 is 9.18 Å². The van der Waals surface area contributed by atoms with Crippen LogP contribution in [0.15, 0.2) is 23.4 Å². The van der Waals surface area contributed by atoms with Gasteiger partial charge in [-0.2, -0.15) is 4.68 Å². The van der Waals surface area contributed by atoms with Gasteiger partial charge in [0.25, 0.3) is 5.91 Å². The summed E-state index contributed by atoms with van der Waals surface area (Å²) in [5.74, 6) is -0.195. The number of benzene rings is 1. The van der Waals surface area contributed by atoms with E-state index in [1.54, 1.807) is 6.07 Å². The maximum absolute atomic E-state index is 13.6. The molecule has 0 N–H and O–H groups in total. The van der Waals surface area contributed by atoms with E-state index in [0.717, 1.165) is 0 Å². The predicted molar refractivity (Wildman–Crippen MR) is 61.8 cm³/mol. The molecule has 1 aromatic carbocycles. The molecule has 4 nitrogen and oxygen atoms in total. The van der Waals surface area contributed by atoms with Crippen LogP contribution in [0.25, 0.3) is 11.4 Å². The fourth-order valence-electron chi connectivity index (χ4n) is 1.56. The molecule has 0 bridgehead atoms. The molecule has 1 aliphatic heterocycles. The van der Waals surface area contributed by atoms with E-state index in [4.69, 9.17) is 11.6 Å². The van der Waals surface area contributed by atoms with E-state index in [2.05, 4.69) is 10.1 Å². The van der Waals surface area contributed by atoms with Crippen molar-refractivity contribution in [1.82, 2.24) is 14.8 Å². The summed E-state index contributed by atoms with van der Waals surface area (Å²) in [7, 11) is 0. The number of aromatic nitrogens is 3. The highest BCUT2D eigenvalue weighted by Crippen LogP contribution is 2.31. The molecule has 3 rings (SSSR count). The predicted octanol–water partition coefficient (Wildman–Crippen LogP) is 2.48. The molecule has 0 atom stereocenters. The van der Waals surface area contributed by atoms with Gasteiger partial charge in [-0.25, -0.2) is 9.37 Å². The Morgan fingerprint density at radius 1 is 1.47 bits per heavy atom. The zero-order chi connectivity index (χ0) is 12.0. The van der Waals surface area contributed by atoms with Gasteiger partial charge in [0.1, 0.15) is 5.82 Å². The Hall–Kier alpha value is -1.40. The first-order valence-corrected chi connectivity index (χ1v) is 6.10. The number of hydrogen-bond donors (Lipinski definition) is 0. The molecule has 7 heteroatoms. The highest BCUT2D eigenvalue weighted by atomic mass is 35.5. The molecule has 0 fully saturated rings. The van der Waals surface area contributed by atoms with Gasteiger partial charge in [-0.15, -0.1) is 5.10 Å². The number of fused-ring (bicyclic) bond motifs is 1. The molecule has 1 aromatic heterocycles. The fraction of sp³-hybridized carbons (Fsp3) is 0.100. The first-order chi connectivity index (χ1) is 8.16. The molecular weight excluding hydrogens is 265 g/mol. The molecule has 2 aromatic rings. The van der Waals surface area contributed by atoms with Crippen molar-refractivity contribution in [3.8, 4) is 11.4 Å². The van der Waals surface area contributed by atoms with Crippen molar-refractivity contribution in [2.75, 3.05) is 5.75 Å². The number of nitrogens with zero attached hydrogens (tertiary/aromatic N) is 3. The van der Waals surface area contributed by atoms with Crippen LogP contribution >= 0.6 is 23.4 Å². The Balaban J connectivity index is 2.17. The SMILES string of the molecule is O=C1CSc2nc(-c3c(F)cccc3Cl)nn21. The number of carbonyl (C=O) groups is 1. The monoisotopic (exact) mass is 269 g/mol. The molecule has 0 spiro atoms. The summed E-state index contributed by atoms with van der Waals surface area (Å²) >= 11 is 7.18.